The SMILES string of the molecule is CC(=O)NCCN(C(=O)CNC(=O)C1CCCCC1)C(C)C(=O)O. The lowest BCUT2D eigenvalue weighted by molar-refractivity contribution is -0.149. The molecule has 0 saturated heterocycles. The van der Waals surface area contributed by atoms with Gasteiger partial charge in [-0.05, 0) is 19.8 Å². The molecule has 1 aliphatic carbocycles. The predicted molar refractivity (Wildman–Crippen MR) is 87.1 cm³/mol. The summed E-state index contributed by atoms with van der Waals surface area (Å²) >= 11 is 0. The molecule has 0 spiro atoms. The third-order valence-corrected chi connectivity index (χ3v) is 4.26. The number of hydrogen-bond donors (Lipinski definition) is 3. The van der Waals surface area contributed by atoms with E-state index in [0.29, 0.717) is 0 Å². The van der Waals surface area contributed by atoms with Crippen LogP contribution < -0.4 is 10.6 Å². The number of carbonyl (C=O) groups excluding carboxylic acids is 3. The van der Waals surface area contributed by atoms with Gasteiger partial charge in [-0.1, -0.05) is 19.3 Å². The van der Waals surface area contributed by atoms with Crippen LogP contribution in [0.4, 0.5) is 0 Å². The molecule has 8 nitrogen and oxygen atoms in total. The first-order chi connectivity index (χ1) is 11.3. The Morgan fingerprint density at radius 3 is 2.29 bits per heavy atom. The lowest BCUT2D eigenvalue weighted by Gasteiger charge is -2.27. The molecule has 1 atom stereocenters. The van der Waals surface area contributed by atoms with Crippen LogP contribution >= 0.6 is 0 Å². The van der Waals surface area contributed by atoms with Crippen molar-refractivity contribution in [1.29, 1.82) is 0 Å². The predicted octanol–water partition coefficient (Wildman–Crippen LogP) is 0.121. The minimum Gasteiger partial charge on any atom is -0.480 e. The molecule has 1 aliphatic rings. The maximum atomic E-state index is 12.3. The highest BCUT2D eigenvalue weighted by molar-refractivity contribution is 5.88. The Morgan fingerprint density at radius 2 is 1.75 bits per heavy atom. The molecule has 8 heteroatoms. The second kappa shape index (κ2) is 9.89. The van der Waals surface area contributed by atoms with E-state index < -0.39 is 17.9 Å². The number of hydrogen-bond acceptors (Lipinski definition) is 4. The number of carbonyl (C=O) groups is 4. The lowest BCUT2D eigenvalue weighted by Crippen LogP contribution is -2.50. The third kappa shape index (κ3) is 6.55. The highest BCUT2D eigenvalue weighted by Crippen LogP contribution is 2.23. The molecule has 0 aliphatic heterocycles. The maximum Gasteiger partial charge on any atom is 0.326 e. The Labute approximate surface area is 142 Å². The molecule has 3 N–H and O–H groups in total. The Balaban J connectivity index is 2.54. The second-order valence-corrected chi connectivity index (χ2v) is 6.14. The first-order valence-corrected chi connectivity index (χ1v) is 8.37. The highest BCUT2D eigenvalue weighted by atomic mass is 16.4. The number of carboxylic acids is 1. The van der Waals surface area contributed by atoms with Crippen molar-refractivity contribution in [2.75, 3.05) is 19.6 Å². The van der Waals surface area contributed by atoms with Crippen LogP contribution in [0.1, 0.15) is 46.0 Å². The van der Waals surface area contributed by atoms with Gasteiger partial charge in [-0.3, -0.25) is 14.4 Å². The van der Waals surface area contributed by atoms with Crippen LogP contribution in [-0.2, 0) is 19.2 Å². The van der Waals surface area contributed by atoms with E-state index in [9.17, 15) is 19.2 Å². The Bertz CT molecular complexity index is 474. The van der Waals surface area contributed by atoms with Gasteiger partial charge in [0.05, 0.1) is 6.54 Å². The average Bonchev–Trinajstić information content (AvgIpc) is 2.56. The first kappa shape index (κ1) is 19.9. The standard InChI is InChI=1S/C16H27N3O5/c1-11(16(23)24)19(9-8-17-12(2)20)14(21)10-18-15(22)13-6-4-3-5-7-13/h11,13H,3-10H2,1-2H3,(H,17,20)(H,18,22)(H,23,24). The quantitative estimate of drug-likeness (QED) is 0.580. The molecule has 1 fully saturated rings. The van der Waals surface area contributed by atoms with Gasteiger partial charge in [0.2, 0.25) is 17.7 Å². The van der Waals surface area contributed by atoms with Gasteiger partial charge in [-0.15, -0.1) is 0 Å². The molecule has 0 aromatic carbocycles. The summed E-state index contributed by atoms with van der Waals surface area (Å²) in [6.45, 7) is 2.75. The van der Waals surface area contributed by atoms with Crippen LogP contribution in [0.25, 0.3) is 0 Å². The molecular formula is C16H27N3O5. The number of amides is 3. The van der Waals surface area contributed by atoms with Crippen molar-refractivity contribution in [3.63, 3.8) is 0 Å². The second-order valence-electron chi connectivity index (χ2n) is 6.14. The summed E-state index contributed by atoms with van der Waals surface area (Å²) < 4.78 is 0. The van der Waals surface area contributed by atoms with E-state index in [0.717, 1.165) is 37.0 Å². The van der Waals surface area contributed by atoms with Crippen LogP contribution in [-0.4, -0.2) is 59.4 Å². The van der Waals surface area contributed by atoms with Gasteiger partial charge in [0, 0.05) is 25.9 Å². The fourth-order valence-electron chi connectivity index (χ4n) is 2.79. The molecular weight excluding hydrogens is 314 g/mol. The zero-order valence-corrected chi connectivity index (χ0v) is 14.3. The minimum atomic E-state index is -1.13. The lowest BCUT2D eigenvalue weighted by atomic mass is 9.89. The molecule has 0 radical (unpaired) electrons. The van der Waals surface area contributed by atoms with Gasteiger partial charge in [0.1, 0.15) is 6.04 Å². The molecule has 3 amide bonds. The number of nitrogens with zero attached hydrogens (tertiary/aromatic N) is 1. The molecule has 0 bridgehead atoms. The smallest absolute Gasteiger partial charge is 0.326 e. The zero-order chi connectivity index (χ0) is 18.1. The fourth-order valence-corrected chi connectivity index (χ4v) is 2.79. The fraction of sp³-hybridized carbons (Fsp3) is 0.750. The van der Waals surface area contributed by atoms with E-state index in [4.69, 9.17) is 5.11 Å². The van der Waals surface area contributed by atoms with Crippen molar-refractivity contribution >= 4 is 23.7 Å². The summed E-state index contributed by atoms with van der Waals surface area (Å²) in [5, 5.41) is 14.3. The molecule has 1 rings (SSSR count). The van der Waals surface area contributed by atoms with E-state index in [2.05, 4.69) is 10.6 Å². The summed E-state index contributed by atoms with van der Waals surface area (Å²) in [6.07, 6.45) is 4.83. The van der Waals surface area contributed by atoms with Gasteiger partial charge in [0.15, 0.2) is 0 Å². The number of carboxylic acid groups (broad SMARTS) is 1. The largest absolute Gasteiger partial charge is 0.480 e. The number of aliphatic carboxylic acids is 1. The highest BCUT2D eigenvalue weighted by Gasteiger charge is 2.27. The Morgan fingerprint density at radius 1 is 1.12 bits per heavy atom. The van der Waals surface area contributed by atoms with Crippen LogP contribution in [0.3, 0.4) is 0 Å². The van der Waals surface area contributed by atoms with Crippen LogP contribution in [0.5, 0.6) is 0 Å². The summed E-state index contributed by atoms with van der Waals surface area (Å²) in [5.74, 6) is -2.07. The van der Waals surface area contributed by atoms with Crippen molar-refractivity contribution in [3.05, 3.63) is 0 Å². The van der Waals surface area contributed by atoms with E-state index in [1.165, 1.54) is 13.8 Å². The van der Waals surface area contributed by atoms with Gasteiger partial charge >= 0.3 is 5.97 Å². The average molecular weight is 341 g/mol. The van der Waals surface area contributed by atoms with Gasteiger partial charge in [0.25, 0.3) is 0 Å². The topological polar surface area (TPSA) is 116 Å². The van der Waals surface area contributed by atoms with Crippen molar-refractivity contribution in [1.82, 2.24) is 15.5 Å². The first-order valence-electron chi connectivity index (χ1n) is 8.37. The number of nitrogens with one attached hydrogen (secondary N) is 2. The van der Waals surface area contributed by atoms with Crippen molar-refractivity contribution in [2.45, 2.75) is 52.0 Å². The van der Waals surface area contributed by atoms with Gasteiger partial charge < -0.3 is 20.6 Å². The van der Waals surface area contributed by atoms with E-state index >= 15 is 0 Å². The minimum absolute atomic E-state index is 0.0590. The Hall–Kier alpha value is -2.12. The summed E-state index contributed by atoms with van der Waals surface area (Å²) in [5.41, 5.74) is 0. The monoisotopic (exact) mass is 341 g/mol. The van der Waals surface area contributed by atoms with Crippen molar-refractivity contribution in [2.24, 2.45) is 5.92 Å². The van der Waals surface area contributed by atoms with E-state index in [-0.39, 0.29) is 37.4 Å². The zero-order valence-electron chi connectivity index (χ0n) is 14.3. The molecule has 0 aromatic rings. The van der Waals surface area contributed by atoms with Gasteiger partial charge in [-0.2, -0.15) is 0 Å². The molecule has 1 saturated carbocycles. The van der Waals surface area contributed by atoms with E-state index in [1.807, 2.05) is 0 Å². The summed E-state index contributed by atoms with van der Waals surface area (Å²) in [4.78, 5) is 47.6. The maximum absolute atomic E-state index is 12.3. The summed E-state index contributed by atoms with van der Waals surface area (Å²) in [7, 11) is 0. The molecule has 1 unspecified atom stereocenters. The number of rotatable bonds is 8. The normalized spacial score (nSPS) is 16.1. The Kier molecular flexibility index (Phi) is 8.21. The molecule has 0 aromatic heterocycles. The van der Waals surface area contributed by atoms with Gasteiger partial charge in [-0.25, -0.2) is 4.79 Å². The molecule has 136 valence electrons. The van der Waals surface area contributed by atoms with Crippen LogP contribution in [0, 0.1) is 5.92 Å². The van der Waals surface area contributed by atoms with Crippen LogP contribution in [0.2, 0.25) is 0 Å². The van der Waals surface area contributed by atoms with Crippen LogP contribution in [0.15, 0.2) is 0 Å². The third-order valence-electron chi connectivity index (χ3n) is 4.26. The summed E-state index contributed by atoms with van der Waals surface area (Å²) in [6, 6.07) is -1.03. The molecule has 0 heterocycles. The van der Waals surface area contributed by atoms with Crippen molar-refractivity contribution in [3.8, 4) is 0 Å². The molecule has 24 heavy (non-hydrogen) atoms. The van der Waals surface area contributed by atoms with Crippen molar-refractivity contribution < 1.29 is 24.3 Å². The van der Waals surface area contributed by atoms with E-state index in [1.54, 1.807) is 0 Å².